The minimum Gasteiger partial charge on any atom is -0.508 e. The van der Waals surface area contributed by atoms with Gasteiger partial charge in [0.15, 0.2) is 0 Å². The first-order valence-corrected chi connectivity index (χ1v) is 7.64. The number of phenols is 1. The van der Waals surface area contributed by atoms with Crippen LogP contribution in [0.4, 0.5) is 4.39 Å². The van der Waals surface area contributed by atoms with Crippen molar-refractivity contribution in [3.05, 3.63) is 29.6 Å². The molecular formula is C17H28FNO. The van der Waals surface area contributed by atoms with Gasteiger partial charge in [-0.05, 0) is 43.9 Å². The van der Waals surface area contributed by atoms with Crippen LogP contribution in [0.15, 0.2) is 18.2 Å². The van der Waals surface area contributed by atoms with Crippen LogP contribution in [0.2, 0.25) is 0 Å². The Morgan fingerprint density at radius 1 is 1.15 bits per heavy atom. The van der Waals surface area contributed by atoms with Gasteiger partial charge in [0.1, 0.15) is 11.6 Å². The molecule has 0 heterocycles. The number of halogens is 1. The molecule has 0 saturated heterocycles. The molecule has 0 radical (unpaired) electrons. The Bertz CT molecular complexity index is 415. The molecule has 1 aromatic rings. The molecular weight excluding hydrogens is 253 g/mol. The molecule has 0 aliphatic heterocycles. The van der Waals surface area contributed by atoms with Crippen LogP contribution in [0.3, 0.4) is 0 Å². The summed E-state index contributed by atoms with van der Waals surface area (Å²) in [5, 5.41) is 10.0. The molecule has 114 valence electrons. The van der Waals surface area contributed by atoms with Crippen LogP contribution in [0.5, 0.6) is 5.75 Å². The van der Waals surface area contributed by atoms with Gasteiger partial charge in [-0.2, -0.15) is 0 Å². The molecule has 0 fully saturated rings. The molecule has 3 heteroatoms. The lowest BCUT2D eigenvalue weighted by Crippen LogP contribution is -2.39. The molecule has 1 aromatic carbocycles. The Morgan fingerprint density at radius 2 is 1.75 bits per heavy atom. The van der Waals surface area contributed by atoms with E-state index in [2.05, 4.69) is 39.5 Å². The maximum absolute atomic E-state index is 13.5. The Balaban J connectivity index is 3.08. The minimum absolute atomic E-state index is 0.0120. The second kappa shape index (κ2) is 7.63. The summed E-state index contributed by atoms with van der Waals surface area (Å²) in [6, 6.07) is 4.67. The highest BCUT2D eigenvalue weighted by Gasteiger charge is 2.25. The van der Waals surface area contributed by atoms with Gasteiger partial charge >= 0.3 is 0 Å². The Kier molecular flexibility index (Phi) is 6.47. The lowest BCUT2D eigenvalue weighted by atomic mass is 9.99. The molecule has 1 unspecified atom stereocenters. The number of aromatic hydroxyl groups is 1. The predicted octanol–water partition coefficient (Wildman–Crippen LogP) is 4.74. The highest BCUT2D eigenvalue weighted by atomic mass is 19.1. The van der Waals surface area contributed by atoms with E-state index in [-0.39, 0.29) is 17.6 Å². The van der Waals surface area contributed by atoms with Gasteiger partial charge in [0.05, 0.1) is 0 Å². The average molecular weight is 281 g/mol. The maximum Gasteiger partial charge on any atom is 0.123 e. The molecule has 1 atom stereocenters. The van der Waals surface area contributed by atoms with Crippen molar-refractivity contribution in [2.24, 2.45) is 5.92 Å². The first-order chi connectivity index (χ1) is 9.40. The van der Waals surface area contributed by atoms with Crippen LogP contribution < -0.4 is 0 Å². The number of hydrogen-bond acceptors (Lipinski definition) is 2. The third-order valence-corrected chi connectivity index (χ3v) is 3.92. The van der Waals surface area contributed by atoms with Crippen molar-refractivity contribution in [3.8, 4) is 5.75 Å². The van der Waals surface area contributed by atoms with Gasteiger partial charge in [0.2, 0.25) is 0 Å². The maximum atomic E-state index is 13.5. The van der Waals surface area contributed by atoms with Crippen LogP contribution >= 0.6 is 0 Å². The molecule has 0 bridgehead atoms. The summed E-state index contributed by atoms with van der Waals surface area (Å²) in [5.74, 6) is 0.422. The predicted molar refractivity (Wildman–Crippen MR) is 82.4 cm³/mol. The topological polar surface area (TPSA) is 23.5 Å². The first kappa shape index (κ1) is 17.0. The van der Waals surface area contributed by atoms with Gasteiger partial charge in [0, 0.05) is 24.2 Å². The summed E-state index contributed by atoms with van der Waals surface area (Å²) in [6.07, 6.45) is 2.12. The zero-order valence-corrected chi connectivity index (χ0v) is 13.4. The van der Waals surface area contributed by atoms with Crippen molar-refractivity contribution in [2.75, 3.05) is 6.54 Å². The van der Waals surface area contributed by atoms with Crippen molar-refractivity contribution >= 4 is 0 Å². The zero-order valence-electron chi connectivity index (χ0n) is 13.4. The van der Waals surface area contributed by atoms with Crippen molar-refractivity contribution in [3.63, 3.8) is 0 Å². The van der Waals surface area contributed by atoms with Crippen molar-refractivity contribution < 1.29 is 9.50 Å². The molecule has 0 aliphatic carbocycles. The van der Waals surface area contributed by atoms with Crippen LogP contribution in [0, 0.1) is 11.7 Å². The van der Waals surface area contributed by atoms with Crippen LogP contribution in [0.1, 0.15) is 59.1 Å². The fourth-order valence-electron chi connectivity index (χ4n) is 2.84. The van der Waals surface area contributed by atoms with Crippen LogP contribution in [0.25, 0.3) is 0 Å². The van der Waals surface area contributed by atoms with E-state index in [0.717, 1.165) is 19.4 Å². The second-order valence-corrected chi connectivity index (χ2v) is 5.94. The first-order valence-electron chi connectivity index (χ1n) is 7.64. The molecule has 2 nitrogen and oxygen atoms in total. The number of benzene rings is 1. The highest BCUT2D eigenvalue weighted by molar-refractivity contribution is 5.35. The SMILES string of the molecule is CCC(CC)N(CC(C)C)C(C)c1cc(F)ccc1O. The molecule has 1 rings (SSSR count). The van der Waals surface area contributed by atoms with Crippen molar-refractivity contribution in [1.82, 2.24) is 4.90 Å². The normalized spacial score (nSPS) is 13.4. The summed E-state index contributed by atoms with van der Waals surface area (Å²) in [6.45, 7) is 11.7. The summed E-state index contributed by atoms with van der Waals surface area (Å²) in [5.41, 5.74) is 0.678. The van der Waals surface area contributed by atoms with Crippen LogP contribution in [-0.2, 0) is 0 Å². The summed E-state index contributed by atoms with van der Waals surface area (Å²) < 4.78 is 13.5. The number of phenolic OH excluding ortho intramolecular Hbond substituents is 1. The smallest absolute Gasteiger partial charge is 0.123 e. The Hall–Kier alpha value is -1.09. The standard InChI is InChI=1S/C17H28FNO/c1-6-15(7-2)19(11-12(3)4)13(5)16-10-14(18)8-9-17(16)20/h8-10,12-13,15,20H,6-7,11H2,1-5H3. The lowest BCUT2D eigenvalue weighted by molar-refractivity contribution is 0.116. The fraction of sp³-hybridized carbons (Fsp3) is 0.647. The molecule has 0 aromatic heterocycles. The molecule has 0 aliphatic rings. The van der Waals surface area contributed by atoms with Gasteiger partial charge < -0.3 is 5.11 Å². The third-order valence-electron chi connectivity index (χ3n) is 3.92. The van der Waals surface area contributed by atoms with E-state index in [1.54, 1.807) is 0 Å². The molecule has 1 N–H and O–H groups in total. The third kappa shape index (κ3) is 4.20. The monoisotopic (exact) mass is 281 g/mol. The fourth-order valence-corrected chi connectivity index (χ4v) is 2.84. The molecule has 0 spiro atoms. The van der Waals surface area contributed by atoms with Gasteiger partial charge in [-0.25, -0.2) is 4.39 Å². The van der Waals surface area contributed by atoms with Crippen LogP contribution in [-0.4, -0.2) is 22.6 Å². The Morgan fingerprint density at radius 3 is 2.25 bits per heavy atom. The molecule has 20 heavy (non-hydrogen) atoms. The molecule has 0 saturated carbocycles. The quantitative estimate of drug-likeness (QED) is 0.780. The summed E-state index contributed by atoms with van der Waals surface area (Å²) in [4.78, 5) is 2.39. The van der Waals surface area contributed by atoms with E-state index < -0.39 is 0 Å². The number of hydrogen-bond donors (Lipinski definition) is 1. The highest BCUT2D eigenvalue weighted by Crippen LogP contribution is 2.32. The summed E-state index contributed by atoms with van der Waals surface area (Å²) in [7, 11) is 0. The van der Waals surface area contributed by atoms with Gasteiger partial charge in [-0.15, -0.1) is 0 Å². The minimum atomic E-state index is -0.293. The number of nitrogens with zero attached hydrogens (tertiary/aromatic N) is 1. The van der Waals surface area contributed by atoms with E-state index in [4.69, 9.17) is 0 Å². The van der Waals surface area contributed by atoms with Crippen molar-refractivity contribution in [2.45, 2.75) is 59.5 Å². The van der Waals surface area contributed by atoms with Crippen molar-refractivity contribution in [1.29, 1.82) is 0 Å². The second-order valence-electron chi connectivity index (χ2n) is 5.94. The van der Waals surface area contributed by atoms with E-state index in [1.807, 2.05) is 0 Å². The number of rotatable bonds is 7. The zero-order chi connectivity index (χ0) is 15.3. The largest absolute Gasteiger partial charge is 0.508 e. The lowest BCUT2D eigenvalue weighted by Gasteiger charge is -2.37. The van der Waals surface area contributed by atoms with Gasteiger partial charge in [-0.1, -0.05) is 27.7 Å². The van der Waals surface area contributed by atoms with E-state index in [0.29, 0.717) is 17.5 Å². The van der Waals surface area contributed by atoms with E-state index >= 15 is 0 Å². The molecule has 0 amide bonds. The van der Waals surface area contributed by atoms with E-state index in [1.165, 1.54) is 18.2 Å². The average Bonchev–Trinajstić information content (AvgIpc) is 2.40. The van der Waals surface area contributed by atoms with Gasteiger partial charge in [-0.3, -0.25) is 4.90 Å². The van der Waals surface area contributed by atoms with Gasteiger partial charge in [0.25, 0.3) is 0 Å². The summed E-state index contributed by atoms with van der Waals surface area (Å²) >= 11 is 0. The Labute approximate surface area is 122 Å². The van der Waals surface area contributed by atoms with E-state index in [9.17, 15) is 9.50 Å².